The van der Waals surface area contributed by atoms with E-state index in [-0.39, 0.29) is 43.7 Å². The topological polar surface area (TPSA) is 44.4 Å². The van der Waals surface area contributed by atoms with Gasteiger partial charge in [-0.1, -0.05) is 6.92 Å². The summed E-state index contributed by atoms with van der Waals surface area (Å²) in [4.78, 5) is 14.2. The fourth-order valence-electron chi connectivity index (χ4n) is 3.01. The zero-order valence-electron chi connectivity index (χ0n) is 12.9. The van der Waals surface area contributed by atoms with Crippen molar-refractivity contribution in [3.8, 4) is 0 Å². The van der Waals surface area contributed by atoms with Crippen LogP contribution >= 0.6 is 24.8 Å². The Hall–Kier alpha value is -0.170. The Balaban J connectivity index is 0.00000220. The number of nitrogens with zero attached hydrogens (tertiary/aromatic N) is 1. The van der Waals surface area contributed by atoms with E-state index in [0.29, 0.717) is 12.5 Å². The third-order valence-corrected chi connectivity index (χ3v) is 4.43. The van der Waals surface area contributed by atoms with Crippen molar-refractivity contribution in [2.75, 3.05) is 32.7 Å². The normalized spacial score (nSPS) is 25.1. The first-order chi connectivity index (χ1) is 9.50. The number of rotatable bonds is 5. The number of nitrogens with one attached hydrogen (secondary N) is 2. The van der Waals surface area contributed by atoms with Gasteiger partial charge in [0.2, 0.25) is 5.91 Å². The Bertz CT molecular complexity index is 340. The van der Waals surface area contributed by atoms with Crippen LogP contribution in [0, 0.1) is 5.92 Å². The number of amides is 1. The summed E-state index contributed by atoms with van der Waals surface area (Å²) >= 11 is 0. The molecule has 0 bridgehead atoms. The largest absolute Gasteiger partial charge is 0.355 e. The summed E-state index contributed by atoms with van der Waals surface area (Å²) in [5, 5.41) is 5.37. The van der Waals surface area contributed by atoms with E-state index in [1.807, 2.05) is 0 Å². The molecule has 2 fully saturated rings. The molecule has 0 radical (unpaired) electrons. The van der Waals surface area contributed by atoms with Gasteiger partial charge in [-0.25, -0.2) is 8.78 Å². The van der Waals surface area contributed by atoms with Crippen LogP contribution in [0.2, 0.25) is 0 Å². The van der Waals surface area contributed by atoms with Crippen LogP contribution in [0.5, 0.6) is 0 Å². The van der Waals surface area contributed by atoms with E-state index in [1.165, 1.54) is 12.8 Å². The summed E-state index contributed by atoms with van der Waals surface area (Å²) in [7, 11) is 0. The van der Waals surface area contributed by atoms with Gasteiger partial charge in [0.15, 0.2) is 0 Å². The summed E-state index contributed by atoms with van der Waals surface area (Å²) < 4.78 is 26.0. The zero-order chi connectivity index (χ0) is 14.6. The molecule has 0 aromatic rings. The maximum atomic E-state index is 13.0. The smallest absolute Gasteiger partial charge is 0.262 e. The first kappa shape index (κ1) is 21.8. The molecule has 4 nitrogen and oxygen atoms in total. The van der Waals surface area contributed by atoms with E-state index >= 15 is 0 Å². The quantitative estimate of drug-likeness (QED) is 0.787. The van der Waals surface area contributed by atoms with Crippen molar-refractivity contribution in [2.24, 2.45) is 5.92 Å². The molecule has 0 spiro atoms. The molecule has 132 valence electrons. The molecule has 22 heavy (non-hydrogen) atoms. The standard InChI is InChI=1S/C14H25F2N3O.2ClH/c1-2-19-7-4-11(5-8-19)3-6-17-13(20)12-9-14(15,16)10-18-12;;/h11-12,18H,2-10H2,1H3,(H,17,20);2*1H. The minimum absolute atomic E-state index is 0. The Morgan fingerprint density at radius 3 is 2.45 bits per heavy atom. The summed E-state index contributed by atoms with van der Waals surface area (Å²) in [6.07, 6.45) is 2.91. The van der Waals surface area contributed by atoms with Crippen LogP contribution in [0.1, 0.15) is 32.6 Å². The number of carbonyl (C=O) groups excluding carboxylic acids is 1. The minimum Gasteiger partial charge on any atom is -0.355 e. The van der Waals surface area contributed by atoms with Crippen molar-refractivity contribution >= 4 is 30.7 Å². The number of hydrogen-bond donors (Lipinski definition) is 2. The average molecular weight is 362 g/mol. The molecule has 2 aliphatic heterocycles. The first-order valence-electron chi connectivity index (χ1n) is 7.61. The number of halogens is 4. The van der Waals surface area contributed by atoms with Gasteiger partial charge in [-0.3, -0.25) is 10.1 Å². The third kappa shape index (κ3) is 6.52. The highest BCUT2D eigenvalue weighted by Gasteiger charge is 2.42. The van der Waals surface area contributed by atoms with E-state index in [2.05, 4.69) is 22.5 Å². The molecule has 8 heteroatoms. The molecule has 1 atom stereocenters. The van der Waals surface area contributed by atoms with Gasteiger partial charge in [-0.2, -0.15) is 0 Å². The number of likely N-dealkylation sites (tertiary alicyclic amines) is 1. The molecule has 2 saturated heterocycles. The van der Waals surface area contributed by atoms with Gasteiger partial charge < -0.3 is 10.2 Å². The second kappa shape index (κ2) is 9.85. The number of carbonyl (C=O) groups is 1. The number of alkyl halides is 2. The van der Waals surface area contributed by atoms with Gasteiger partial charge in [0.1, 0.15) is 0 Å². The van der Waals surface area contributed by atoms with Gasteiger partial charge in [0.25, 0.3) is 5.92 Å². The predicted molar refractivity (Wildman–Crippen MR) is 88.3 cm³/mol. The maximum absolute atomic E-state index is 13.0. The lowest BCUT2D eigenvalue weighted by Crippen LogP contribution is -2.41. The highest BCUT2D eigenvalue weighted by atomic mass is 35.5. The van der Waals surface area contributed by atoms with Crippen molar-refractivity contribution in [3.05, 3.63) is 0 Å². The predicted octanol–water partition coefficient (Wildman–Crippen LogP) is 2.07. The van der Waals surface area contributed by atoms with E-state index in [1.54, 1.807) is 0 Å². The molecule has 2 heterocycles. The van der Waals surface area contributed by atoms with Gasteiger partial charge in [-0.05, 0) is 44.8 Å². The summed E-state index contributed by atoms with van der Waals surface area (Å²) in [5.41, 5.74) is 0. The van der Waals surface area contributed by atoms with E-state index in [4.69, 9.17) is 0 Å². The highest BCUT2D eigenvalue weighted by molar-refractivity contribution is 5.85. The van der Waals surface area contributed by atoms with Crippen molar-refractivity contribution in [2.45, 2.75) is 44.6 Å². The van der Waals surface area contributed by atoms with Crippen molar-refractivity contribution in [3.63, 3.8) is 0 Å². The van der Waals surface area contributed by atoms with Crippen LogP contribution < -0.4 is 10.6 Å². The fourth-order valence-corrected chi connectivity index (χ4v) is 3.01. The van der Waals surface area contributed by atoms with Crippen LogP contribution in [-0.4, -0.2) is 55.5 Å². The Morgan fingerprint density at radius 1 is 1.32 bits per heavy atom. The SMILES string of the molecule is CCN1CCC(CCNC(=O)C2CC(F)(F)CN2)CC1.Cl.Cl. The van der Waals surface area contributed by atoms with Crippen molar-refractivity contribution < 1.29 is 13.6 Å². The third-order valence-electron chi connectivity index (χ3n) is 4.43. The van der Waals surface area contributed by atoms with E-state index in [9.17, 15) is 13.6 Å². The molecule has 1 unspecified atom stereocenters. The van der Waals surface area contributed by atoms with Crippen LogP contribution in [0.4, 0.5) is 8.78 Å². The molecule has 2 rings (SSSR count). The van der Waals surface area contributed by atoms with E-state index in [0.717, 1.165) is 26.1 Å². The molecule has 0 saturated carbocycles. The Morgan fingerprint density at radius 2 is 1.95 bits per heavy atom. The molecule has 0 aliphatic carbocycles. The molecule has 0 aromatic carbocycles. The van der Waals surface area contributed by atoms with Gasteiger partial charge in [0, 0.05) is 13.0 Å². The fraction of sp³-hybridized carbons (Fsp3) is 0.929. The maximum Gasteiger partial charge on any atom is 0.262 e. The molecular weight excluding hydrogens is 335 g/mol. The van der Waals surface area contributed by atoms with Gasteiger partial charge >= 0.3 is 0 Å². The summed E-state index contributed by atoms with van der Waals surface area (Å²) in [5.74, 6) is -2.38. The van der Waals surface area contributed by atoms with E-state index < -0.39 is 12.0 Å². The lowest BCUT2D eigenvalue weighted by Gasteiger charge is -2.31. The monoisotopic (exact) mass is 361 g/mol. The second-order valence-electron chi connectivity index (χ2n) is 5.95. The lowest BCUT2D eigenvalue weighted by molar-refractivity contribution is -0.123. The molecular formula is C14H27Cl2F2N3O. The average Bonchev–Trinajstić information content (AvgIpc) is 2.80. The number of piperidine rings is 1. The lowest BCUT2D eigenvalue weighted by atomic mass is 9.93. The van der Waals surface area contributed by atoms with Gasteiger partial charge in [-0.15, -0.1) is 24.8 Å². The summed E-state index contributed by atoms with van der Waals surface area (Å²) in [6, 6.07) is -0.730. The molecule has 1 amide bonds. The van der Waals surface area contributed by atoms with Crippen LogP contribution in [0.15, 0.2) is 0 Å². The van der Waals surface area contributed by atoms with Crippen molar-refractivity contribution in [1.29, 1.82) is 0 Å². The molecule has 2 aliphatic rings. The van der Waals surface area contributed by atoms with Crippen LogP contribution in [-0.2, 0) is 4.79 Å². The first-order valence-corrected chi connectivity index (χ1v) is 7.61. The van der Waals surface area contributed by atoms with Gasteiger partial charge in [0.05, 0.1) is 12.6 Å². The van der Waals surface area contributed by atoms with Crippen molar-refractivity contribution in [1.82, 2.24) is 15.5 Å². The van der Waals surface area contributed by atoms with Crippen LogP contribution in [0.3, 0.4) is 0 Å². The Labute approximate surface area is 143 Å². The number of hydrogen-bond acceptors (Lipinski definition) is 3. The molecule has 2 N–H and O–H groups in total. The minimum atomic E-state index is -2.74. The highest BCUT2D eigenvalue weighted by Crippen LogP contribution is 2.25. The Kier molecular flexibility index (Phi) is 9.78. The second-order valence-corrected chi connectivity index (χ2v) is 5.95. The molecule has 0 aromatic heterocycles. The zero-order valence-corrected chi connectivity index (χ0v) is 14.6. The van der Waals surface area contributed by atoms with Crippen LogP contribution in [0.25, 0.3) is 0 Å². The summed E-state index contributed by atoms with van der Waals surface area (Å²) in [6.45, 7) is 5.74.